The van der Waals surface area contributed by atoms with Gasteiger partial charge in [0.25, 0.3) is 0 Å². The maximum atomic E-state index is 14.1. The van der Waals surface area contributed by atoms with E-state index in [1.165, 1.54) is 19.1 Å². The van der Waals surface area contributed by atoms with Crippen molar-refractivity contribution in [3.63, 3.8) is 0 Å². The smallest absolute Gasteiger partial charge is 0.248 e. The summed E-state index contributed by atoms with van der Waals surface area (Å²) < 4.78 is 14.1. The van der Waals surface area contributed by atoms with Crippen LogP contribution < -0.4 is 5.73 Å². The van der Waals surface area contributed by atoms with E-state index in [-0.39, 0.29) is 30.6 Å². The van der Waals surface area contributed by atoms with Crippen molar-refractivity contribution in [2.75, 3.05) is 13.1 Å². The molecule has 0 aromatic heterocycles. The number of nitrogens with two attached hydrogens (primary N) is 1. The van der Waals surface area contributed by atoms with Crippen molar-refractivity contribution < 1.29 is 24.3 Å². The number of amides is 1. The highest BCUT2D eigenvalue weighted by Gasteiger charge is 2.44. The number of Topliss-reactive ketones (excluding diaryl/α,β-unsaturated/α-hetero) is 1. The molecular formula is C14H17FN2O4. The van der Waals surface area contributed by atoms with Gasteiger partial charge in [0.15, 0.2) is 5.78 Å². The normalized spacial score (nSPS) is 27.4. The number of nitrogens with zero attached hydrogens (tertiary/aromatic N) is 1. The topological polar surface area (TPSA) is 104 Å². The summed E-state index contributed by atoms with van der Waals surface area (Å²) >= 11 is 0. The van der Waals surface area contributed by atoms with Crippen LogP contribution in [0.2, 0.25) is 0 Å². The van der Waals surface area contributed by atoms with E-state index in [0.717, 1.165) is 11.1 Å². The van der Waals surface area contributed by atoms with Crippen molar-refractivity contribution in [2.24, 2.45) is 5.73 Å². The van der Waals surface area contributed by atoms with E-state index in [9.17, 15) is 24.3 Å². The van der Waals surface area contributed by atoms with Gasteiger partial charge in [-0.3, -0.25) is 9.59 Å². The molecule has 1 saturated heterocycles. The molecule has 2 rings (SSSR count). The van der Waals surface area contributed by atoms with Crippen LogP contribution in [0.1, 0.15) is 29.3 Å². The molecule has 1 fully saturated rings. The number of hydroxylamine groups is 2. The van der Waals surface area contributed by atoms with E-state index < -0.39 is 29.0 Å². The molecule has 0 bridgehead atoms. The van der Waals surface area contributed by atoms with Gasteiger partial charge in [-0.15, -0.1) is 0 Å². The molecule has 2 unspecified atom stereocenters. The Bertz CT molecular complexity index is 592. The summed E-state index contributed by atoms with van der Waals surface area (Å²) in [6.07, 6.45) is -1.52. The van der Waals surface area contributed by atoms with Gasteiger partial charge in [-0.2, -0.15) is 5.06 Å². The minimum atomic E-state index is -1.48. The number of carbonyl (C=O) groups excluding carboxylic acids is 2. The minimum Gasteiger partial charge on any atom is -0.384 e. The van der Waals surface area contributed by atoms with E-state index in [2.05, 4.69) is 0 Å². The third-order valence-electron chi connectivity index (χ3n) is 3.90. The molecule has 2 atom stereocenters. The van der Waals surface area contributed by atoms with Crippen LogP contribution in [-0.2, 0) is 10.2 Å². The first-order valence-electron chi connectivity index (χ1n) is 6.50. The maximum absolute atomic E-state index is 14.1. The average molecular weight is 296 g/mol. The molecule has 114 valence electrons. The average Bonchev–Trinajstić information content (AvgIpc) is 2.52. The first-order valence-corrected chi connectivity index (χ1v) is 6.50. The zero-order chi connectivity index (χ0) is 15.8. The lowest BCUT2D eigenvalue weighted by molar-refractivity contribution is -0.129. The summed E-state index contributed by atoms with van der Waals surface area (Å²) in [6.45, 7) is 1.38. The van der Waals surface area contributed by atoms with E-state index in [0.29, 0.717) is 0 Å². The predicted octanol–water partition coefficient (Wildman–Crippen LogP) is 0.207. The molecule has 1 aromatic carbocycles. The van der Waals surface area contributed by atoms with Crippen molar-refractivity contribution in [2.45, 2.75) is 24.9 Å². The lowest BCUT2D eigenvalue weighted by atomic mass is 9.75. The van der Waals surface area contributed by atoms with Gasteiger partial charge in [-0.25, -0.2) is 4.39 Å². The van der Waals surface area contributed by atoms with Crippen molar-refractivity contribution in [3.8, 4) is 0 Å². The van der Waals surface area contributed by atoms with Crippen LogP contribution in [0, 0.1) is 5.82 Å². The number of rotatable bonds is 2. The largest absolute Gasteiger partial charge is 0.384 e. The fraction of sp³-hybridized carbons (Fsp3) is 0.429. The Hall–Kier alpha value is -1.83. The fourth-order valence-electron chi connectivity index (χ4n) is 2.62. The van der Waals surface area contributed by atoms with Crippen molar-refractivity contribution in [3.05, 3.63) is 35.1 Å². The second-order valence-corrected chi connectivity index (χ2v) is 5.48. The molecule has 0 radical (unpaired) electrons. The number of aliphatic hydroxyl groups is 1. The highest BCUT2D eigenvalue weighted by molar-refractivity contribution is 5.93. The lowest BCUT2D eigenvalue weighted by Crippen LogP contribution is -2.47. The number of ketones is 1. The Morgan fingerprint density at radius 3 is 2.81 bits per heavy atom. The highest BCUT2D eigenvalue weighted by atomic mass is 19.1. The summed E-state index contributed by atoms with van der Waals surface area (Å²) in [5.41, 5.74) is 3.84. The number of aliphatic hydroxyl groups excluding tert-OH is 1. The first kappa shape index (κ1) is 15.6. The second kappa shape index (κ2) is 5.51. The number of halogens is 1. The Kier molecular flexibility index (Phi) is 4.08. The summed E-state index contributed by atoms with van der Waals surface area (Å²) in [6, 6.07) is 3.50. The Morgan fingerprint density at radius 2 is 2.19 bits per heavy atom. The van der Waals surface area contributed by atoms with Crippen LogP contribution in [-0.4, -0.2) is 46.3 Å². The van der Waals surface area contributed by atoms with Crippen LogP contribution in [0.4, 0.5) is 4.39 Å². The van der Waals surface area contributed by atoms with Crippen LogP contribution in [0.15, 0.2) is 18.2 Å². The van der Waals surface area contributed by atoms with E-state index in [4.69, 9.17) is 5.73 Å². The highest BCUT2D eigenvalue weighted by Crippen LogP contribution is 2.34. The monoisotopic (exact) mass is 296 g/mol. The number of primary amides is 1. The minimum absolute atomic E-state index is 0.0272. The summed E-state index contributed by atoms with van der Waals surface area (Å²) in [7, 11) is 0. The van der Waals surface area contributed by atoms with Gasteiger partial charge in [0, 0.05) is 30.5 Å². The number of hydrogen-bond acceptors (Lipinski definition) is 5. The van der Waals surface area contributed by atoms with Gasteiger partial charge < -0.3 is 16.0 Å². The first-order chi connectivity index (χ1) is 9.75. The summed E-state index contributed by atoms with van der Waals surface area (Å²) in [5.74, 6) is -1.90. The van der Waals surface area contributed by atoms with Gasteiger partial charge in [0.2, 0.25) is 5.91 Å². The molecule has 1 aliphatic rings. The van der Waals surface area contributed by atoms with Gasteiger partial charge >= 0.3 is 0 Å². The zero-order valence-corrected chi connectivity index (χ0v) is 11.5. The van der Waals surface area contributed by atoms with Crippen LogP contribution in [0.5, 0.6) is 0 Å². The number of carbonyl (C=O) groups is 2. The maximum Gasteiger partial charge on any atom is 0.248 e. The Morgan fingerprint density at radius 1 is 1.52 bits per heavy atom. The summed E-state index contributed by atoms with van der Waals surface area (Å²) in [5, 5.41) is 20.8. The molecule has 0 aliphatic carbocycles. The fourth-order valence-corrected chi connectivity index (χ4v) is 2.62. The molecule has 7 heteroatoms. The molecular weight excluding hydrogens is 279 g/mol. The predicted molar refractivity (Wildman–Crippen MR) is 71.3 cm³/mol. The van der Waals surface area contributed by atoms with Crippen molar-refractivity contribution in [1.29, 1.82) is 0 Å². The Labute approximate surface area is 120 Å². The van der Waals surface area contributed by atoms with E-state index in [1.807, 2.05) is 0 Å². The number of hydrogen-bond donors (Lipinski definition) is 3. The number of benzene rings is 1. The SMILES string of the molecule is CC1(c2cc(C(N)=O)ccc2F)CN(O)CCC(=O)C1O. The molecule has 21 heavy (non-hydrogen) atoms. The molecule has 1 amide bonds. The molecule has 1 heterocycles. The van der Waals surface area contributed by atoms with E-state index in [1.54, 1.807) is 0 Å². The molecule has 4 N–H and O–H groups in total. The molecule has 0 saturated carbocycles. The van der Waals surface area contributed by atoms with Gasteiger partial charge in [0.05, 0.1) is 0 Å². The zero-order valence-electron chi connectivity index (χ0n) is 11.5. The van der Waals surface area contributed by atoms with Gasteiger partial charge in [0.1, 0.15) is 11.9 Å². The van der Waals surface area contributed by atoms with Crippen LogP contribution >= 0.6 is 0 Å². The molecule has 0 spiro atoms. The third-order valence-corrected chi connectivity index (χ3v) is 3.90. The van der Waals surface area contributed by atoms with Crippen LogP contribution in [0.3, 0.4) is 0 Å². The third kappa shape index (κ3) is 2.80. The van der Waals surface area contributed by atoms with Crippen molar-refractivity contribution >= 4 is 11.7 Å². The van der Waals surface area contributed by atoms with E-state index >= 15 is 0 Å². The van der Waals surface area contributed by atoms with Crippen LogP contribution in [0.25, 0.3) is 0 Å². The Balaban J connectivity index is 2.57. The summed E-state index contributed by atoms with van der Waals surface area (Å²) in [4.78, 5) is 23.1. The standard InChI is InChI=1S/C14H17FN2O4/c1-14(7-17(21)5-4-11(18)12(14)19)9-6-8(13(16)20)2-3-10(9)15/h2-3,6,12,19,21H,4-5,7H2,1H3,(H2,16,20). The van der Waals surface area contributed by atoms with Gasteiger partial charge in [-0.1, -0.05) is 6.92 Å². The lowest BCUT2D eigenvalue weighted by Gasteiger charge is -2.34. The quantitative estimate of drug-likeness (QED) is 0.723. The molecule has 6 nitrogen and oxygen atoms in total. The van der Waals surface area contributed by atoms with Crippen molar-refractivity contribution in [1.82, 2.24) is 5.06 Å². The second-order valence-electron chi connectivity index (χ2n) is 5.48. The molecule has 1 aromatic rings. The van der Waals surface area contributed by atoms with Gasteiger partial charge in [-0.05, 0) is 23.8 Å². The molecule has 1 aliphatic heterocycles.